The number of pyridine rings is 1. The van der Waals surface area contributed by atoms with Crippen LogP contribution in [0.5, 0.6) is 0 Å². The molecule has 0 aliphatic heterocycles. The minimum absolute atomic E-state index is 0.0440. The van der Waals surface area contributed by atoms with E-state index in [2.05, 4.69) is 26.2 Å². The summed E-state index contributed by atoms with van der Waals surface area (Å²) in [5, 5.41) is 19.7. The maximum absolute atomic E-state index is 11.6. The van der Waals surface area contributed by atoms with Crippen molar-refractivity contribution in [2.75, 3.05) is 6.61 Å². The molecule has 7 heteroatoms. The largest absolute Gasteiger partial charge is 0.480 e. The first-order chi connectivity index (χ1) is 8.04. The Kier molecular flexibility index (Phi) is 5.05. The highest BCUT2D eigenvalue weighted by Gasteiger charge is 2.20. The summed E-state index contributed by atoms with van der Waals surface area (Å²) >= 11 is 3.17. The number of amides is 1. The fourth-order valence-electron chi connectivity index (χ4n) is 1.13. The molecule has 0 spiro atoms. The van der Waals surface area contributed by atoms with Gasteiger partial charge in [0.1, 0.15) is 11.7 Å². The van der Waals surface area contributed by atoms with E-state index < -0.39 is 17.9 Å². The van der Waals surface area contributed by atoms with Crippen LogP contribution in [-0.4, -0.2) is 39.7 Å². The highest BCUT2D eigenvalue weighted by Crippen LogP contribution is 2.07. The van der Waals surface area contributed by atoms with Crippen molar-refractivity contribution in [1.82, 2.24) is 10.3 Å². The van der Waals surface area contributed by atoms with Crippen LogP contribution in [0.1, 0.15) is 16.9 Å². The number of carbonyl (C=O) groups is 2. The maximum Gasteiger partial charge on any atom is 0.326 e. The van der Waals surface area contributed by atoms with E-state index in [1.165, 1.54) is 12.3 Å². The number of aliphatic hydroxyl groups is 1. The average molecular weight is 303 g/mol. The zero-order valence-electron chi connectivity index (χ0n) is 8.76. The lowest BCUT2D eigenvalue weighted by Crippen LogP contribution is -2.41. The summed E-state index contributed by atoms with van der Waals surface area (Å²) in [7, 11) is 0. The van der Waals surface area contributed by atoms with E-state index in [1.807, 2.05) is 0 Å². The Labute approximate surface area is 106 Å². The van der Waals surface area contributed by atoms with Crippen LogP contribution in [0.25, 0.3) is 0 Å². The van der Waals surface area contributed by atoms with Crippen LogP contribution in [0.15, 0.2) is 22.8 Å². The van der Waals surface area contributed by atoms with Crippen LogP contribution in [-0.2, 0) is 4.79 Å². The molecule has 1 aromatic heterocycles. The van der Waals surface area contributed by atoms with Crippen molar-refractivity contribution < 1.29 is 19.8 Å². The van der Waals surface area contributed by atoms with E-state index in [9.17, 15) is 9.59 Å². The molecule has 1 rings (SSSR count). The molecule has 0 fully saturated rings. The minimum Gasteiger partial charge on any atom is -0.480 e. The number of hydrogen-bond donors (Lipinski definition) is 3. The number of aliphatic carboxylic acids is 1. The van der Waals surface area contributed by atoms with Crippen molar-refractivity contribution >= 4 is 27.8 Å². The number of nitrogens with zero attached hydrogens (tertiary/aromatic N) is 1. The van der Waals surface area contributed by atoms with Gasteiger partial charge >= 0.3 is 5.97 Å². The molecule has 0 aromatic carbocycles. The Morgan fingerprint density at radius 3 is 2.65 bits per heavy atom. The molecule has 0 bridgehead atoms. The molecule has 17 heavy (non-hydrogen) atoms. The molecule has 0 saturated heterocycles. The van der Waals surface area contributed by atoms with Crippen molar-refractivity contribution in [3.8, 4) is 0 Å². The van der Waals surface area contributed by atoms with E-state index >= 15 is 0 Å². The maximum atomic E-state index is 11.6. The number of carboxylic acid groups (broad SMARTS) is 1. The Balaban J connectivity index is 2.70. The lowest BCUT2D eigenvalue weighted by molar-refractivity contribution is -0.139. The van der Waals surface area contributed by atoms with E-state index in [1.54, 1.807) is 6.07 Å². The molecule has 0 aliphatic carbocycles. The van der Waals surface area contributed by atoms with Crippen molar-refractivity contribution in [3.63, 3.8) is 0 Å². The van der Waals surface area contributed by atoms with Crippen molar-refractivity contribution in [2.45, 2.75) is 12.5 Å². The number of hydrogen-bond acceptors (Lipinski definition) is 4. The summed E-state index contributed by atoms with van der Waals surface area (Å²) in [5.74, 6) is -1.78. The number of aromatic nitrogens is 1. The highest BCUT2D eigenvalue weighted by molar-refractivity contribution is 9.10. The zero-order chi connectivity index (χ0) is 12.8. The first-order valence-corrected chi connectivity index (χ1v) is 5.60. The second-order valence-corrected chi connectivity index (χ2v) is 4.15. The zero-order valence-corrected chi connectivity index (χ0v) is 10.3. The fraction of sp³-hybridized carbons (Fsp3) is 0.300. The summed E-state index contributed by atoms with van der Waals surface area (Å²) in [6, 6.07) is 1.99. The standard InChI is InChI=1S/C10H11BrN2O4/c11-6-1-2-7(12-5-6)9(15)13-8(3-4-14)10(16)17/h1-2,5,8,14H,3-4H2,(H,13,15)(H,16,17)/t8-/m1/s1. The monoisotopic (exact) mass is 302 g/mol. The Morgan fingerprint density at radius 2 is 2.18 bits per heavy atom. The number of carbonyl (C=O) groups excluding carboxylic acids is 1. The van der Waals surface area contributed by atoms with Crippen LogP contribution >= 0.6 is 15.9 Å². The summed E-state index contributed by atoms with van der Waals surface area (Å²) < 4.78 is 0.721. The van der Waals surface area contributed by atoms with Crippen molar-refractivity contribution in [3.05, 3.63) is 28.5 Å². The van der Waals surface area contributed by atoms with Crippen molar-refractivity contribution in [2.24, 2.45) is 0 Å². The molecule has 0 unspecified atom stereocenters. The Morgan fingerprint density at radius 1 is 1.47 bits per heavy atom. The molecule has 0 radical (unpaired) electrons. The van der Waals surface area contributed by atoms with Gasteiger partial charge in [0.2, 0.25) is 0 Å². The second-order valence-electron chi connectivity index (χ2n) is 3.24. The lowest BCUT2D eigenvalue weighted by Gasteiger charge is -2.12. The van der Waals surface area contributed by atoms with E-state index in [0.29, 0.717) is 0 Å². The Hall–Kier alpha value is -1.47. The average Bonchev–Trinajstić information content (AvgIpc) is 2.29. The van der Waals surface area contributed by atoms with Crippen LogP contribution in [0.3, 0.4) is 0 Å². The predicted molar refractivity (Wildman–Crippen MR) is 62.5 cm³/mol. The van der Waals surface area contributed by atoms with Gasteiger partial charge in [-0.3, -0.25) is 4.79 Å². The molecule has 92 valence electrons. The third-order valence-electron chi connectivity index (χ3n) is 1.98. The van der Waals surface area contributed by atoms with Gasteiger partial charge in [-0.15, -0.1) is 0 Å². The van der Waals surface area contributed by atoms with Gasteiger partial charge in [0.15, 0.2) is 0 Å². The van der Waals surface area contributed by atoms with Gasteiger partial charge in [0.25, 0.3) is 5.91 Å². The predicted octanol–water partition coefficient (Wildman–Crippen LogP) is 0.409. The molecule has 0 aliphatic rings. The second kappa shape index (κ2) is 6.31. The molecular formula is C10H11BrN2O4. The lowest BCUT2D eigenvalue weighted by atomic mass is 10.2. The van der Waals surface area contributed by atoms with E-state index in [-0.39, 0.29) is 18.7 Å². The summed E-state index contributed by atoms with van der Waals surface area (Å²) in [5.41, 5.74) is 0.123. The fourth-order valence-corrected chi connectivity index (χ4v) is 1.36. The Bertz CT molecular complexity index is 407. The summed E-state index contributed by atoms with van der Waals surface area (Å²) in [4.78, 5) is 26.2. The molecule has 1 aromatic rings. The molecule has 3 N–H and O–H groups in total. The van der Waals surface area contributed by atoms with Gasteiger partial charge in [-0.05, 0) is 28.1 Å². The number of nitrogens with one attached hydrogen (secondary N) is 1. The number of carboxylic acids is 1. The minimum atomic E-state index is -1.19. The van der Waals surface area contributed by atoms with Crippen LogP contribution in [0.4, 0.5) is 0 Å². The molecule has 1 heterocycles. The smallest absolute Gasteiger partial charge is 0.326 e. The molecule has 1 amide bonds. The van der Waals surface area contributed by atoms with Crippen molar-refractivity contribution in [1.29, 1.82) is 0 Å². The van der Waals surface area contributed by atoms with E-state index in [0.717, 1.165) is 4.47 Å². The van der Waals surface area contributed by atoms with Gasteiger partial charge in [0, 0.05) is 23.7 Å². The summed E-state index contributed by atoms with van der Waals surface area (Å²) in [6.07, 6.45) is 1.40. The molecule has 6 nitrogen and oxygen atoms in total. The van der Waals surface area contributed by atoms with Gasteiger partial charge < -0.3 is 15.5 Å². The third kappa shape index (κ3) is 4.12. The van der Waals surface area contributed by atoms with Gasteiger partial charge in [-0.25, -0.2) is 9.78 Å². The topological polar surface area (TPSA) is 99.5 Å². The quantitative estimate of drug-likeness (QED) is 0.731. The SMILES string of the molecule is O=C(N[C@H](CCO)C(=O)O)c1ccc(Br)cn1. The van der Waals surface area contributed by atoms with Crippen LogP contribution < -0.4 is 5.32 Å². The molecule has 0 saturated carbocycles. The normalized spacial score (nSPS) is 11.9. The van der Waals surface area contributed by atoms with Gasteiger partial charge in [-0.2, -0.15) is 0 Å². The van der Waals surface area contributed by atoms with Crippen LogP contribution in [0, 0.1) is 0 Å². The molecular weight excluding hydrogens is 292 g/mol. The first kappa shape index (κ1) is 13.6. The number of rotatable bonds is 5. The number of halogens is 1. The molecule has 1 atom stereocenters. The first-order valence-electron chi connectivity index (χ1n) is 4.80. The number of aliphatic hydroxyl groups excluding tert-OH is 1. The van der Waals surface area contributed by atoms with Gasteiger partial charge in [-0.1, -0.05) is 0 Å². The van der Waals surface area contributed by atoms with Crippen LogP contribution in [0.2, 0.25) is 0 Å². The van der Waals surface area contributed by atoms with Gasteiger partial charge in [0.05, 0.1) is 0 Å². The highest BCUT2D eigenvalue weighted by atomic mass is 79.9. The van der Waals surface area contributed by atoms with E-state index in [4.69, 9.17) is 10.2 Å². The summed E-state index contributed by atoms with van der Waals surface area (Å²) in [6.45, 7) is -0.314. The third-order valence-corrected chi connectivity index (χ3v) is 2.45.